The molecule has 0 saturated carbocycles. The Bertz CT molecular complexity index is 785. The molecule has 3 heterocycles. The van der Waals surface area contributed by atoms with Crippen LogP contribution in [0.15, 0.2) is 0 Å². The Morgan fingerprint density at radius 1 is 1.40 bits per heavy atom. The summed E-state index contributed by atoms with van der Waals surface area (Å²) in [5.41, 5.74) is 0.895. The van der Waals surface area contributed by atoms with Crippen molar-refractivity contribution in [3.05, 3.63) is 11.0 Å². The lowest BCUT2D eigenvalue weighted by Crippen LogP contribution is -2.47. The average Bonchev–Trinajstić information content (AvgIpc) is 2.87. The second kappa shape index (κ2) is 6.67. The summed E-state index contributed by atoms with van der Waals surface area (Å²) in [6.07, 6.45) is 1.53. The Morgan fingerprint density at radius 3 is 2.88 bits per heavy atom. The van der Waals surface area contributed by atoms with Gasteiger partial charge in [-0.05, 0) is 52.1 Å². The second-order valence-corrected chi connectivity index (χ2v) is 7.64. The third-order valence-electron chi connectivity index (χ3n) is 3.98. The molecule has 1 fully saturated rings. The smallest absolute Gasteiger partial charge is 0.410 e. The van der Waals surface area contributed by atoms with E-state index in [0.29, 0.717) is 24.6 Å². The maximum atomic E-state index is 12.3. The molecule has 136 valence electrons. The van der Waals surface area contributed by atoms with Gasteiger partial charge in [-0.15, -0.1) is 0 Å². The standard InChI is InChI=1S/C16H23ClN6O2/c1-9-11-12(19-14(17)20-13(11)22-21-9)18-10-6-5-7-23(8-10)15(24)25-16(2,3)4/h10H,5-8H2,1-4H3,(H2,18,19,20,21,22)/t10-/m1/s1. The number of likely N-dealkylation sites (tertiary alicyclic amines) is 1. The lowest BCUT2D eigenvalue weighted by atomic mass is 10.1. The first-order chi connectivity index (χ1) is 11.7. The van der Waals surface area contributed by atoms with Crippen LogP contribution in [0.2, 0.25) is 5.28 Å². The maximum Gasteiger partial charge on any atom is 0.410 e. The number of hydrogen-bond acceptors (Lipinski definition) is 6. The monoisotopic (exact) mass is 366 g/mol. The zero-order chi connectivity index (χ0) is 18.2. The number of aromatic amines is 1. The van der Waals surface area contributed by atoms with E-state index in [-0.39, 0.29) is 17.4 Å². The molecule has 1 saturated heterocycles. The number of amides is 1. The first kappa shape index (κ1) is 17.7. The van der Waals surface area contributed by atoms with Crippen molar-refractivity contribution in [1.29, 1.82) is 0 Å². The summed E-state index contributed by atoms with van der Waals surface area (Å²) < 4.78 is 5.47. The lowest BCUT2D eigenvalue weighted by molar-refractivity contribution is 0.0206. The molecule has 1 amide bonds. The molecule has 0 radical (unpaired) electrons. The minimum Gasteiger partial charge on any atom is -0.444 e. The molecule has 25 heavy (non-hydrogen) atoms. The van der Waals surface area contributed by atoms with Gasteiger partial charge in [-0.3, -0.25) is 5.10 Å². The van der Waals surface area contributed by atoms with Crippen LogP contribution in [-0.4, -0.2) is 55.9 Å². The van der Waals surface area contributed by atoms with Gasteiger partial charge < -0.3 is 15.0 Å². The van der Waals surface area contributed by atoms with Crippen LogP contribution < -0.4 is 5.32 Å². The van der Waals surface area contributed by atoms with Gasteiger partial charge in [-0.2, -0.15) is 15.1 Å². The van der Waals surface area contributed by atoms with E-state index in [9.17, 15) is 4.79 Å². The van der Waals surface area contributed by atoms with Gasteiger partial charge in [-0.1, -0.05) is 0 Å². The highest BCUT2D eigenvalue weighted by Crippen LogP contribution is 2.26. The molecule has 9 heteroatoms. The predicted octanol–water partition coefficient (Wildman–Crippen LogP) is 3.13. The van der Waals surface area contributed by atoms with Crippen molar-refractivity contribution in [2.45, 2.75) is 52.2 Å². The molecule has 1 atom stereocenters. The molecule has 2 aromatic rings. The molecule has 0 spiro atoms. The van der Waals surface area contributed by atoms with Crippen LogP contribution in [0.1, 0.15) is 39.3 Å². The Hall–Kier alpha value is -2.09. The van der Waals surface area contributed by atoms with Crippen molar-refractivity contribution in [1.82, 2.24) is 25.1 Å². The van der Waals surface area contributed by atoms with Crippen molar-refractivity contribution in [2.75, 3.05) is 18.4 Å². The summed E-state index contributed by atoms with van der Waals surface area (Å²) in [7, 11) is 0. The fraction of sp³-hybridized carbons (Fsp3) is 0.625. The van der Waals surface area contributed by atoms with E-state index < -0.39 is 5.60 Å². The molecule has 1 aliphatic heterocycles. The lowest BCUT2D eigenvalue weighted by Gasteiger charge is -2.34. The molecule has 0 aliphatic carbocycles. The van der Waals surface area contributed by atoms with Crippen LogP contribution in [0.25, 0.3) is 11.0 Å². The Labute approximate surface area is 151 Å². The number of nitrogens with one attached hydrogen (secondary N) is 2. The first-order valence-corrected chi connectivity index (χ1v) is 8.73. The predicted molar refractivity (Wildman–Crippen MR) is 95.9 cm³/mol. The second-order valence-electron chi connectivity index (χ2n) is 7.30. The molecular weight excluding hydrogens is 344 g/mol. The van der Waals surface area contributed by atoms with Crippen LogP contribution in [0.4, 0.5) is 10.6 Å². The minimum atomic E-state index is -0.502. The zero-order valence-corrected chi connectivity index (χ0v) is 15.6. The van der Waals surface area contributed by atoms with Crippen LogP contribution in [0.5, 0.6) is 0 Å². The highest BCUT2D eigenvalue weighted by atomic mass is 35.5. The topological polar surface area (TPSA) is 96.0 Å². The molecular formula is C16H23ClN6O2. The summed E-state index contributed by atoms with van der Waals surface area (Å²) in [5.74, 6) is 0.636. The zero-order valence-electron chi connectivity index (χ0n) is 14.9. The molecule has 3 rings (SSSR count). The summed E-state index contributed by atoms with van der Waals surface area (Å²) in [6, 6.07) is 0.0599. The van der Waals surface area contributed by atoms with Gasteiger partial charge >= 0.3 is 6.09 Å². The number of piperidine rings is 1. The number of halogens is 1. The van der Waals surface area contributed by atoms with Gasteiger partial charge in [0.15, 0.2) is 5.65 Å². The van der Waals surface area contributed by atoms with Gasteiger partial charge in [-0.25, -0.2) is 4.79 Å². The highest BCUT2D eigenvalue weighted by Gasteiger charge is 2.28. The number of rotatable bonds is 2. The molecule has 0 aromatic carbocycles. The molecule has 1 aliphatic rings. The number of H-pyrrole nitrogens is 1. The number of fused-ring (bicyclic) bond motifs is 1. The molecule has 2 aromatic heterocycles. The third kappa shape index (κ3) is 4.12. The normalized spacial score (nSPS) is 18.4. The van der Waals surface area contributed by atoms with Crippen molar-refractivity contribution < 1.29 is 9.53 Å². The van der Waals surface area contributed by atoms with Gasteiger partial charge in [0.05, 0.1) is 5.39 Å². The molecule has 8 nitrogen and oxygen atoms in total. The first-order valence-electron chi connectivity index (χ1n) is 8.35. The quantitative estimate of drug-likeness (QED) is 0.793. The number of aromatic nitrogens is 4. The van der Waals surface area contributed by atoms with E-state index in [1.807, 2.05) is 27.7 Å². The Balaban J connectivity index is 1.75. The van der Waals surface area contributed by atoms with E-state index in [0.717, 1.165) is 23.9 Å². The van der Waals surface area contributed by atoms with Crippen LogP contribution in [0, 0.1) is 6.92 Å². The minimum absolute atomic E-state index is 0.0599. The van der Waals surface area contributed by atoms with Gasteiger partial charge in [0.2, 0.25) is 5.28 Å². The van der Waals surface area contributed by atoms with Crippen molar-refractivity contribution in [3.63, 3.8) is 0 Å². The summed E-state index contributed by atoms with van der Waals surface area (Å²) in [4.78, 5) is 22.5. The summed E-state index contributed by atoms with van der Waals surface area (Å²) >= 11 is 6.00. The number of carbonyl (C=O) groups excluding carboxylic acids is 1. The van der Waals surface area contributed by atoms with Crippen molar-refractivity contribution >= 4 is 34.5 Å². The number of anilines is 1. The molecule has 0 bridgehead atoms. The third-order valence-corrected chi connectivity index (χ3v) is 4.15. The fourth-order valence-corrected chi connectivity index (χ4v) is 3.09. The number of carbonyl (C=O) groups is 1. The van der Waals surface area contributed by atoms with Crippen LogP contribution in [0.3, 0.4) is 0 Å². The highest BCUT2D eigenvalue weighted by molar-refractivity contribution is 6.28. The van der Waals surface area contributed by atoms with Crippen molar-refractivity contribution in [2.24, 2.45) is 0 Å². The molecule has 0 unspecified atom stereocenters. The summed E-state index contributed by atoms with van der Waals surface area (Å²) in [5, 5.41) is 11.4. The van der Waals surface area contributed by atoms with Gasteiger partial charge in [0, 0.05) is 24.8 Å². The fourth-order valence-electron chi connectivity index (χ4n) is 2.93. The van der Waals surface area contributed by atoms with Gasteiger partial charge in [0.1, 0.15) is 11.4 Å². The maximum absolute atomic E-state index is 12.3. The van der Waals surface area contributed by atoms with E-state index in [1.165, 1.54) is 0 Å². The van der Waals surface area contributed by atoms with E-state index in [1.54, 1.807) is 4.90 Å². The number of nitrogens with zero attached hydrogens (tertiary/aromatic N) is 4. The largest absolute Gasteiger partial charge is 0.444 e. The van der Waals surface area contributed by atoms with Crippen LogP contribution >= 0.6 is 11.6 Å². The van der Waals surface area contributed by atoms with Gasteiger partial charge in [0.25, 0.3) is 0 Å². The number of ether oxygens (including phenoxy) is 1. The SMILES string of the molecule is Cc1[nH]nc2nc(Cl)nc(N[C@@H]3CCCN(C(=O)OC(C)(C)C)C3)c12. The van der Waals surface area contributed by atoms with Crippen LogP contribution in [-0.2, 0) is 4.74 Å². The molecule has 2 N–H and O–H groups in total. The Morgan fingerprint density at radius 2 is 2.16 bits per heavy atom. The number of hydrogen-bond donors (Lipinski definition) is 2. The average molecular weight is 367 g/mol. The number of aryl methyl sites for hydroxylation is 1. The van der Waals surface area contributed by atoms with E-state index >= 15 is 0 Å². The van der Waals surface area contributed by atoms with E-state index in [4.69, 9.17) is 16.3 Å². The van der Waals surface area contributed by atoms with Crippen molar-refractivity contribution in [3.8, 4) is 0 Å². The van der Waals surface area contributed by atoms with E-state index in [2.05, 4.69) is 25.5 Å². The summed E-state index contributed by atoms with van der Waals surface area (Å²) in [6.45, 7) is 8.75. The Kier molecular flexibility index (Phi) is 4.73.